The standard InChI is InChI=1S/C16H18N2O2S/c1-11-5-4-6-12(2)15(11)17-14(19)9-18(3)16(20)13-7-8-21-10-13/h4-8,10H,9H2,1-3H3,(H,17,19). The molecule has 0 saturated heterocycles. The van der Waals surface area contributed by atoms with Gasteiger partial charge in [0.1, 0.15) is 0 Å². The van der Waals surface area contributed by atoms with Crippen LogP contribution in [0.25, 0.3) is 0 Å². The lowest BCUT2D eigenvalue weighted by Crippen LogP contribution is -2.35. The van der Waals surface area contributed by atoms with Gasteiger partial charge in [0.05, 0.1) is 12.1 Å². The predicted octanol–water partition coefficient (Wildman–Crippen LogP) is 3.08. The van der Waals surface area contributed by atoms with Crippen molar-refractivity contribution in [1.29, 1.82) is 0 Å². The second kappa shape index (κ2) is 6.54. The highest BCUT2D eigenvalue weighted by atomic mass is 32.1. The number of rotatable bonds is 4. The van der Waals surface area contributed by atoms with E-state index in [9.17, 15) is 9.59 Å². The van der Waals surface area contributed by atoms with E-state index in [-0.39, 0.29) is 18.4 Å². The van der Waals surface area contributed by atoms with Gasteiger partial charge in [-0.1, -0.05) is 18.2 Å². The van der Waals surface area contributed by atoms with Gasteiger partial charge in [0.25, 0.3) is 5.91 Å². The van der Waals surface area contributed by atoms with E-state index in [1.807, 2.05) is 37.4 Å². The van der Waals surface area contributed by atoms with Crippen molar-refractivity contribution in [3.63, 3.8) is 0 Å². The monoisotopic (exact) mass is 302 g/mol. The summed E-state index contributed by atoms with van der Waals surface area (Å²) in [4.78, 5) is 25.6. The molecular weight excluding hydrogens is 284 g/mol. The van der Waals surface area contributed by atoms with Crippen LogP contribution < -0.4 is 5.32 Å². The fourth-order valence-electron chi connectivity index (χ4n) is 2.08. The molecule has 2 amide bonds. The summed E-state index contributed by atoms with van der Waals surface area (Å²) in [5, 5.41) is 6.50. The average Bonchev–Trinajstić information content (AvgIpc) is 2.96. The van der Waals surface area contributed by atoms with Gasteiger partial charge in [-0.3, -0.25) is 9.59 Å². The van der Waals surface area contributed by atoms with E-state index >= 15 is 0 Å². The molecule has 0 aliphatic rings. The van der Waals surface area contributed by atoms with E-state index in [4.69, 9.17) is 0 Å². The van der Waals surface area contributed by atoms with Crippen molar-refractivity contribution in [3.05, 3.63) is 51.7 Å². The number of hydrogen-bond acceptors (Lipinski definition) is 3. The van der Waals surface area contributed by atoms with Crippen LogP contribution >= 0.6 is 11.3 Å². The Bertz CT molecular complexity index is 630. The number of aryl methyl sites for hydroxylation is 2. The van der Waals surface area contributed by atoms with E-state index in [1.165, 1.54) is 16.2 Å². The molecule has 0 fully saturated rings. The Kier molecular flexibility index (Phi) is 4.75. The zero-order valence-corrected chi connectivity index (χ0v) is 13.2. The molecule has 1 aromatic heterocycles. The first-order valence-electron chi connectivity index (χ1n) is 6.62. The van der Waals surface area contributed by atoms with Gasteiger partial charge < -0.3 is 10.2 Å². The molecule has 0 bridgehead atoms. The molecular formula is C16H18N2O2S. The van der Waals surface area contributed by atoms with Crippen LogP contribution in [0.3, 0.4) is 0 Å². The number of carbonyl (C=O) groups is 2. The predicted molar refractivity (Wildman–Crippen MR) is 85.8 cm³/mol. The van der Waals surface area contributed by atoms with Crippen LogP contribution in [-0.4, -0.2) is 30.3 Å². The Balaban J connectivity index is 2.00. The number of nitrogens with zero attached hydrogens (tertiary/aromatic N) is 1. The maximum Gasteiger partial charge on any atom is 0.254 e. The smallest absolute Gasteiger partial charge is 0.254 e. The first kappa shape index (κ1) is 15.3. The molecule has 0 aliphatic heterocycles. The van der Waals surface area contributed by atoms with Gasteiger partial charge in [0.2, 0.25) is 5.91 Å². The van der Waals surface area contributed by atoms with Crippen molar-refractivity contribution in [1.82, 2.24) is 4.90 Å². The lowest BCUT2D eigenvalue weighted by Gasteiger charge is -2.17. The fraction of sp³-hybridized carbons (Fsp3) is 0.250. The number of nitrogens with one attached hydrogen (secondary N) is 1. The van der Waals surface area contributed by atoms with Crippen LogP contribution in [0.1, 0.15) is 21.5 Å². The second-order valence-corrected chi connectivity index (χ2v) is 5.77. The molecule has 21 heavy (non-hydrogen) atoms. The van der Waals surface area contributed by atoms with Crippen LogP contribution in [-0.2, 0) is 4.79 Å². The summed E-state index contributed by atoms with van der Waals surface area (Å²) in [6, 6.07) is 7.60. The lowest BCUT2D eigenvalue weighted by molar-refractivity contribution is -0.116. The van der Waals surface area contributed by atoms with Gasteiger partial charge in [0, 0.05) is 18.1 Å². The third kappa shape index (κ3) is 3.70. The van der Waals surface area contributed by atoms with Crippen molar-refractivity contribution < 1.29 is 9.59 Å². The van der Waals surface area contributed by atoms with Gasteiger partial charge in [-0.05, 0) is 36.4 Å². The number of para-hydroxylation sites is 1. The molecule has 1 N–H and O–H groups in total. The zero-order valence-electron chi connectivity index (χ0n) is 12.3. The Labute approximate surface area is 128 Å². The molecule has 4 nitrogen and oxygen atoms in total. The van der Waals surface area contributed by atoms with Crippen LogP contribution in [0.4, 0.5) is 5.69 Å². The molecule has 110 valence electrons. The molecule has 2 aromatic rings. The first-order valence-corrected chi connectivity index (χ1v) is 7.57. The average molecular weight is 302 g/mol. The number of amides is 2. The third-order valence-electron chi connectivity index (χ3n) is 3.24. The van der Waals surface area contributed by atoms with Gasteiger partial charge >= 0.3 is 0 Å². The molecule has 0 unspecified atom stereocenters. The quantitative estimate of drug-likeness (QED) is 0.943. The summed E-state index contributed by atoms with van der Waals surface area (Å²) in [5.41, 5.74) is 3.45. The molecule has 5 heteroatoms. The van der Waals surface area contributed by atoms with Crippen molar-refractivity contribution in [3.8, 4) is 0 Å². The summed E-state index contributed by atoms with van der Waals surface area (Å²) >= 11 is 1.46. The van der Waals surface area contributed by atoms with Crippen LogP contribution in [0, 0.1) is 13.8 Å². The number of thiophene rings is 1. The zero-order chi connectivity index (χ0) is 15.4. The molecule has 1 heterocycles. The number of likely N-dealkylation sites (N-methyl/N-ethyl adjacent to an activating group) is 1. The maximum atomic E-state index is 12.1. The second-order valence-electron chi connectivity index (χ2n) is 4.99. The molecule has 0 radical (unpaired) electrons. The van der Waals surface area contributed by atoms with Crippen molar-refractivity contribution in [2.45, 2.75) is 13.8 Å². The first-order chi connectivity index (χ1) is 9.99. The number of benzene rings is 1. The minimum atomic E-state index is -0.196. The lowest BCUT2D eigenvalue weighted by atomic mass is 10.1. The maximum absolute atomic E-state index is 12.1. The van der Waals surface area contributed by atoms with E-state index in [0.29, 0.717) is 5.56 Å². The molecule has 0 atom stereocenters. The van der Waals surface area contributed by atoms with Gasteiger partial charge in [-0.15, -0.1) is 0 Å². The summed E-state index contributed by atoms with van der Waals surface area (Å²) in [6.07, 6.45) is 0. The highest BCUT2D eigenvalue weighted by Crippen LogP contribution is 2.19. The molecule has 2 rings (SSSR count). The largest absolute Gasteiger partial charge is 0.332 e. The molecule has 0 spiro atoms. The van der Waals surface area contributed by atoms with Gasteiger partial charge in [0.15, 0.2) is 0 Å². The topological polar surface area (TPSA) is 49.4 Å². The molecule has 0 saturated carbocycles. The van der Waals surface area contributed by atoms with E-state index in [0.717, 1.165) is 16.8 Å². The summed E-state index contributed by atoms with van der Waals surface area (Å²) in [5.74, 6) is -0.341. The van der Waals surface area contributed by atoms with E-state index < -0.39 is 0 Å². The normalized spacial score (nSPS) is 10.2. The Morgan fingerprint density at radius 2 is 1.86 bits per heavy atom. The molecule has 0 aliphatic carbocycles. The van der Waals surface area contributed by atoms with Crippen LogP contribution in [0.2, 0.25) is 0 Å². The Morgan fingerprint density at radius 3 is 2.43 bits per heavy atom. The summed E-state index contributed by atoms with van der Waals surface area (Å²) < 4.78 is 0. The minimum absolute atomic E-state index is 0.0302. The summed E-state index contributed by atoms with van der Waals surface area (Å²) in [6.45, 7) is 3.92. The highest BCUT2D eigenvalue weighted by Gasteiger charge is 2.16. The number of hydrogen-bond donors (Lipinski definition) is 1. The Hall–Kier alpha value is -2.14. The van der Waals surface area contributed by atoms with Crippen molar-refractivity contribution >= 4 is 28.8 Å². The third-order valence-corrected chi connectivity index (χ3v) is 3.92. The fourth-order valence-corrected chi connectivity index (χ4v) is 2.71. The van der Waals surface area contributed by atoms with Crippen molar-refractivity contribution in [2.75, 3.05) is 18.9 Å². The Morgan fingerprint density at radius 1 is 1.19 bits per heavy atom. The van der Waals surface area contributed by atoms with E-state index in [1.54, 1.807) is 18.5 Å². The minimum Gasteiger partial charge on any atom is -0.332 e. The summed E-state index contributed by atoms with van der Waals surface area (Å²) in [7, 11) is 1.63. The number of anilines is 1. The van der Waals surface area contributed by atoms with Gasteiger partial charge in [-0.2, -0.15) is 11.3 Å². The van der Waals surface area contributed by atoms with Crippen molar-refractivity contribution in [2.24, 2.45) is 0 Å². The van der Waals surface area contributed by atoms with Crippen LogP contribution in [0.5, 0.6) is 0 Å². The van der Waals surface area contributed by atoms with E-state index in [2.05, 4.69) is 5.32 Å². The van der Waals surface area contributed by atoms with Crippen LogP contribution in [0.15, 0.2) is 35.0 Å². The van der Waals surface area contributed by atoms with Gasteiger partial charge in [-0.25, -0.2) is 0 Å². The number of carbonyl (C=O) groups excluding carboxylic acids is 2. The molecule has 1 aromatic carbocycles. The highest BCUT2D eigenvalue weighted by molar-refractivity contribution is 7.08. The SMILES string of the molecule is Cc1cccc(C)c1NC(=O)CN(C)C(=O)c1ccsc1.